The second-order valence-corrected chi connectivity index (χ2v) is 8.93. The number of halogens is 1. The number of aryl methyl sites for hydroxylation is 2. The average molecular weight is 457 g/mol. The highest BCUT2D eigenvalue weighted by atomic mass is 35.5. The van der Waals surface area contributed by atoms with Crippen LogP contribution < -0.4 is 0 Å². The highest BCUT2D eigenvalue weighted by molar-refractivity contribution is 7.13. The molecule has 0 spiro atoms. The number of aromatic nitrogens is 1. The Morgan fingerprint density at radius 2 is 1.77 bits per heavy atom. The summed E-state index contributed by atoms with van der Waals surface area (Å²) in [5, 5.41) is 9.80. The lowest BCUT2D eigenvalue weighted by Crippen LogP contribution is -2.34. The van der Waals surface area contributed by atoms with Crippen molar-refractivity contribution < 1.29 is 14.7 Å². The van der Waals surface area contributed by atoms with Gasteiger partial charge in [-0.05, 0) is 67.1 Å². The van der Waals surface area contributed by atoms with E-state index in [1.807, 2.05) is 47.4 Å². The number of aromatic carboxylic acids is 1. The van der Waals surface area contributed by atoms with E-state index < -0.39 is 5.97 Å². The number of rotatable bonds is 11. The fourth-order valence-electron chi connectivity index (χ4n) is 3.39. The number of benzene rings is 1. The molecule has 0 unspecified atom stereocenters. The van der Waals surface area contributed by atoms with E-state index in [1.165, 1.54) is 11.3 Å². The van der Waals surface area contributed by atoms with Gasteiger partial charge in [-0.3, -0.25) is 9.78 Å². The number of hydrogen-bond acceptors (Lipinski definition) is 4. The zero-order chi connectivity index (χ0) is 22.1. The first-order valence-corrected chi connectivity index (χ1v) is 11.4. The summed E-state index contributed by atoms with van der Waals surface area (Å²) in [5.41, 5.74) is 2.06. The lowest BCUT2D eigenvalue weighted by atomic mass is 10.1. The monoisotopic (exact) mass is 456 g/mol. The van der Waals surface area contributed by atoms with Crippen LogP contribution in [0.15, 0.2) is 60.9 Å². The van der Waals surface area contributed by atoms with Crippen LogP contribution >= 0.6 is 22.9 Å². The van der Waals surface area contributed by atoms with E-state index in [1.54, 1.807) is 18.5 Å². The van der Waals surface area contributed by atoms with E-state index in [9.17, 15) is 9.59 Å². The summed E-state index contributed by atoms with van der Waals surface area (Å²) in [4.78, 5) is 31.4. The standard InChI is InChI=1S/C24H25ClN2O3S/c25-20-8-1-5-18(15-20)7-3-13-27(23(28)16-19-6-2-12-26-17-19)14-4-9-21-10-11-22(31-21)24(29)30/h1-2,5-6,8,10-12,15,17H,3-4,7,9,13-14,16H2,(H,29,30). The number of carboxylic acids is 1. The Morgan fingerprint density at radius 3 is 2.45 bits per heavy atom. The van der Waals surface area contributed by atoms with E-state index in [0.29, 0.717) is 24.4 Å². The first-order valence-electron chi connectivity index (χ1n) is 10.2. The van der Waals surface area contributed by atoms with Gasteiger partial charge in [-0.1, -0.05) is 29.8 Å². The maximum absolute atomic E-state index is 12.9. The van der Waals surface area contributed by atoms with E-state index in [-0.39, 0.29) is 5.91 Å². The van der Waals surface area contributed by atoms with Gasteiger partial charge >= 0.3 is 5.97 Å². The smallest absolute Gasteiger partial charge is 0.345 e. The molecule has 0 fully saturated rings. The van der Waals surface area contributed by atoms with Crippen molar-refractivity contribution in [3.63, 3.8) is 0 Å². The molecule has 0 radical (unpaired) electrons. The predicted octanol–water partition coefficient (Wildman–Crippen LogP) is 5.13. The zero-order valence-electron chi connectivity index (χ0n) is 17.2. The molecule has 0 bridgehead atoms. The largest absolute Gasteiger partial charge is 0.477 e. The third-order valence-corrected chi connectivity index (χ3v) is 6.31. The summed E-state index contributed by atoms with van der Waals surface area (Å²) < 4.78 is 0. The van der Waals surface area contributed by atoms with Gasteiger partial charge in [0.15, 0.2) is 0 Å². The first-order chi connectivity index (χ1) is 15.0. The van der Waals surface area contributed by atoms with Gasteiger partial charge in [0.1, 0.15) is 4.88 Å². The van der Waals surface area contributed by atoms with Crippen LogP contribution in [0.25, 0.3) is 0 Å². The molecular formula is C24H25ClN2O3S. The maximum Gasteiger partial charge on any atom is 0.345 e. The van der Waals surface area contributed by atoms with E-state index in [4.69, 9.17) is 16.7 Å². The van der Waals surface area contributed by atoms with Gasteiger partial charge in [0, 0.05) is 35.4 Å². The molecule has 1 aromatic carbocycles. The zero-order valence-corrected chi connectivity index (χ0v) is 18.7. The van der Waals surface area contributed by atoms with Crippen molar-refractivity contribution >= 4 is 34.8 Å². The number of pyridine rings is 1. The molecule has 0 aliphatic rings. The molecule has 0 aliphatic carbocycles. The number of hydrogen-bond donors (Lipinski definition) is 1. The van der Waals surface area contributed by atoms with E-state index in [0.717, 1.165) is 46.7 Å². The summed E-state index contributed by atoms with van der Waals surface area (Å²) in [6.45, 7) is 1.30. The van der Waals surface area contributed by atoms with Crippen LogP contribution in [0.5, 0.6) is 0 Å². The third kappa shape index (κ3) is 7.49. The molecule has 3 aromatic rings. The van der Waals surface area contributed by atoms with Crippen LogP contribution in [0.2, 0.25) is 5.02 Å². The van der Waals surface area contributed by atoms with Gasteiger partial charge in [0.2, 0.25) is 5.91 Å². The lowest BCUT2D eigenvalue weighted by molar-refractivity contribution is -0.130. The van der Waals surface area contributed by atoms with E-state index in [2.05, 4.69) is 4.98 Å². The highest BCUT2D eigenvalue weighted by Crippen LogP contribution is 2.18. The number of carbonyl (C=O) groups is 2. The summed E-state index contributed by atoms with van der Waals surface area (Å²) in [6.07, 6.45) is 6.99. The predicted molar refractivity (Wildman–Crippen MR) is 124 cm³/mol. The molecule has 7 heteroatoms. The van der Waals surface area contributed by atoms with Gasteiger partial charge in [-0.2, -0.15) is 0 Å². The Kier molecular flexibility index (Phi) is 8.62. The molecule has 162 valence electrons. The minimum Gasteiger partial charge on any atom is -0.477 e. The summed E-state index contributed by atoms with van der Waals surface area (Å²) in [6, 6.07) is 15.0. The van der Waals surface area contributed by atoms with Gasteiger partial charge in [-0.15, -0.1) is 11.3 Å². The second-order valence-electron chi connectivity index (χ2n) is 7.33. The fourth-order valence-corrected chi connectivity index (χ4v) is 4.49. The lowest BCUT2D eigenvalue weighted by Gasteiger charge is -2.23. The topological polar surface area (TPSA) is 70.5 Å². The molecule has 2 aromatic heterocycles. The Balaban J connectivity index is 1.57. The molecule has 5 nitrogen and oxygen atoms in total. The molecule has 0 atom stereocenters. The number of nitrogens with zero attached hydrogens (tertiary/aromatic N) is 2. The van der Waals surface area contributed by atoms with Crippen molar-refractivity contribution in [2.24, 2.45) is 0 Å². The number of thiophene rings is 1. The molecule has 0 saturated carbocycles. The summed E-state index contributed by atoms with van der Waals surface area (Å²) >= 11 is 7.37. The minimum atomic E-state index is -0.898. The van der Waals surface area contributed by atoms with Gasteiger partial charge < -0.3 is 10.0 Å². The second kappa shape index (κ2) is 11.6. The SMILES string of the molecule is O=C(O)c1ccc(CCCN(CCCc2cccc(Cl)c2)C(=O)Cc2cccnc2)s1. The third-order valence-electron chi connectivity index (χ3n) is 4.94. The quantitative estimate of drug-likeness (QED) is 0.434. The molecule has 0 saturated heterocycles. The van der Waals surface area contributed by atoms with Gasteiger partial charge in [0.05, 0.1) is 6.42 Å². The average Bonchev–Trinajstić information content (AvgIpc) is 3.23. The Labute approximate surface area is 191 Å². The Hall–Kier alpha value is -2.70. The first kappa shape index (κ1) is 23.0. The van der Waals surface area contributed by atoms with E-state index >= 15 is 0 Å². The summed E-state index contributed by atoms with van der Waals surface area (Å²) in [7, 11) is 0. The highest BCUT2D eigenvalue weighted by Gasteiger charge is 2.15. The summed E-state index contributed by atoms with van der Waals surface area (Å²) in [5.74, 6) is -0.818. The van der Waals surface area contributed by atoms with Crippen LogP contribution in [0.4, 0.5) is 0 Å². The number of carbonyl (C=O) groups excluding carboxylic acids is 1. The van der Waals surface area contributed by atoms with Crippen molar-refractivity contribution in [2.45, 2.75) is 32.1 Å². The van der Waals surface area contributed by atoms with Crippen molar-refractivity contribution in [1.29, 1.82) is 0 Å². The fraction of sp³-hybridized carbons (Fsp3) is 0.292. The van der Waals surface area contributed by atoms with Crippen LogP contribution in [-0.4, -0.2) is 40.0 Å². The molecule has 0 aliphatic heterocycles. The molecular weight excluding hydrogens is 432 g/mol. The Bertz CT molecular complexity index is 1010. The van der Waals surface area contributed by atoms with Crippen LogP contribution in [0, 0.1) is 0 Å². The molecule has 1 N–H and O–H groups in total. The molecule has 3 rings (SSSR count). The van der Waals surface area contributed by atoms with Crippen molar-refractivity contribution in [3.8, 4) is 0 Å². The van der Waals surface area contributed by atoms with Crippen molar-refractivity contribution in [1.82, 2.24) is 9.88 Å². The molecule has 2 heterocycles. The van der Waals surface area contributed by atoms with Gasteiger partial charge in [0.25, 0.3) is 0 Å². The maximum atomic E-state index is 12.9. The van der Waals surface area contributed by atoms with Crippen molar-refractivity contribution in [2.75, 3.05) is 13.1 Å². The molecule has 1 amide bonds. The minimum absolute atomic E-state index is 0.0801. The number of amides is 1. The van der Waals surface area contributed by atoms with Crippen LogP contribution in [0.3, 0.4) is 0 Å². The van der Waals surface area contributed by atoms with Crippen LogP contribution in [-0.2, 0) is 24.1 Å². The Morgan fingerprint density at radius 1 is 1.00 bits per heavy atom. The van der Waals surface area contributed by atoms with Crippen molar-refractivity contribution in [3.05, 3.63) is 86.8 Å². The normalized spacial score (nSPS) is 10.7. The van der Waals surface area contributed by atoms with Gasteiger partial charge in [-0.25, -0.2) is 4.79 Å². The van der Waals surface area contributed by atoms with Crippen LogP contribution in [0.1, 0.15) is 38.5 Å². The molecule has 31 heavy (non-hydrogen) atoms. The number of carboxylic acid groups (broad SMARTS) is 1.